The molecule has 1 fully saturated rings. The molecule has 1 aliphatic heterocycles. The average Bonchev–Trinajstić information content (AvgIpc) is 2.38. The molecular formula is C13H25N3O3. The maximum absolute atomic E-state index is 11.9. The van der Waals surface area contributed by atoms with Crippen molar-refractivity contribution in [2.24, 2.45) is 0 Å². The lowest BCUT2D eigenvalue weighted by Crippen LogP contribution is -2.46. The molecule has 1 atom stereocenters. The van der Waals surface area contributed by atoms with E-state index in [0.717, 1.165) is 0 Å². The van der Waals surface area contributed by atoms with E-state index in [9.17, 15) is 9.59 Å². The molecule has 2 amide bonds. The Kier molecular flexibility index (Phi) is 6.80. The van der Waals surface area contributed by atoms with E-state index in [1.165, 1.54) is 0 Å². The fraction of sp³-hybridized carbons (Fsp3) is 0.846. The normalized spacial score (nSPS) is 17.4. The van der Waals surface area contributed by atoms with Gasteiger partial charge in [-0.2, -0.15) is 0 Å². The second-order valence-electron chi connectivity index (χ2n) is 5.08. The van der Waals surface area contributed by atoms with Gasteiger partial charge in [0.2, 0.25) is 11.8 Å². The van der Waals surface area contributed by atoms with Crippen LogP contribution >= 0.6 is 0 Å². The fourth-order valence-corrected chi connectivity index (χ4v) is 1.87. The minimum Gasteiger partial charge on any atom is -0.378 e. The summed E-state index contributed by atoms with van der Waals surface area (Å²) < 4.78 is 5.20. The fourth-order valence-electron chi connectivity index (χ4n) is 1.87. The lowest BCUT2D eigenvalue weighted by Gasteiger charge is -2.27. The predicted molar refractivity (Wildman–Crippen MR) is 72.8 cm³/mol. The Bertz CT molecular complexity index is 302. The van der Waals surface area contributed by atoms with Gasteiger partial charge in [-0.3, -0.25) is 9.59 Å². The van der Waals surface area contributed by atoms with Gasteiger partial charge in [-0.05, 0) is 20.8 Å². The Balaban J connectivity index is 2.18. The van der Waals surface area contributed by atoms with Crippen molar-refractivity contribution in [2.75, 3.05) is 32.8 Å². The molecule has 0 aromatic heterocycles. The van der Waals surface area contributed by atoms with E-state index in [1.807, 2.05) is 18.7 Å². The minimum atomic E-state index is -0.278. The number of ether oxygens (including phenoxy) is 1. The first kappa shape index (κ1) is 15.9. The number of nitrogens with zero attached hydrogens (tertiary/aromatic N) is 1. The molecule has 1 heterocycles. The molecule has 0 radical (unpaired) electrons. The van der Waals surface area contributed by atoms with Crippen molar-refractivity contribution >= 4 is 11.8 Å². The molecular weight excluding hydrogens is 246 g/mol. The Morgan fingerprint density at radius 2 is 1.84 bits per heavy atom. The van der Waals surface area contributed by atoms with Gasteiger partial charge >= 0.3 is 0 Å². The van der Waals surface area contributed by atoms with Crippen molar-refractivity contribution in [3.8, 4) is 0 Å². The van der Waals surface area contributed by atoms with Crippen molar-refractivity contribution in [1.82, 2.24) is 15.5 Å². The number of morpholine rings is 1. The van der Waals surface area contributed by atoms with Gasteiger partial charge < -0.3 is 20.3 Å². The number of nitrogens with one attached hydrogen (secondary N) is 2. The number of hydrogen-bond donors (Lipinski definition) is 2. The zero-order valence-electron chi connectivity index (χ0n) is 12.1. The van der Waals surface area contributed by atoms with E-state index in [2.05, 4.69) is 10.6 Å². The third-order valence-electron chi connectivity index (χ3n) is 2.98. The van der Waals surface area contributed by atoms with E-state index >= 15 is 0 Å². The van der Waals surface area contributed by atoms with E-state index in [4.69, 9.17) is 4.74 Å². The highest BCUT2D eigenvalue weighted by Crippen LogP contribution is 1.99. The second-order valence-corrected chi connectivity index (χ2v) is 5.08. The number of carbonyl (C=O) groups is 2. The van der Waals surface area contributed by atoms with Crippen molar-refractivity contribution in [3.05, 3.63) is 0 Å². The largest absolute Gasteiger partial charge is 0.378 e. The van der Waals surface area contributed by atoms with Gasteiger partial charge in [0.1, 0.15) is 0 Å². The third kappa shape index (κ3) is 6.02. The van der Waals surface area contributed by atoms with E-state index in [-0.39, 0.29) is 23.9 Å². The maximum atomic E-state index is 11.9. The van der Waals surface area contributed by atoms with E-state index in [0.29, 0.717) is 39.3 Å². The van der Waals surface area contributed by atoms with Gasteiger partial charge in [0, 0.05) is 32.1 Å². The lowest BCUT2D eigenvalue weighted by molar-refractivity contribution is -0.135. The molecule has 0 aromatic carbocycles. The molecule has 110 valence electrons. The Hall–Kier alpha value is -1.14. The standard InChI is InChI=1S/C13H25N3O3/c1-10(2)15-13(18)11(3)14-5-4-12(17)16-6-8-19-9-7-16/h10-11,14H,4-9H2,1-3H3,(H,15,18). The second kappa shape index (κ2) is 8.12. The van der Waals surface area contributed by atoms with Crippen LogP contribution in [0.25, 0.3) is 0 Å². The zero-order chi connectivity index (χ0) is 14.3. The summed E-state index contributed by atoms with van der Waals surface area (Å²) in [4.78, 5) is 25.3. The summed E-state index contributed by atoms with van der Waals surface area (Å²) in [5.41, 5.74) is 0. The van der Waals surface area contributed by atoms with Crippen LogP contribution in [0.1, 0.15) is 27.2 Å². The Morgan fingerprint density at radius 1 is 1.21 bits per heavy atom. The molecule has 1 saturated heterocycles. The molecule has 0 spiro atoms. The molecule has 0 aromatic rings. The molecule has 6 heteroatoms. The van der Waals surface area contributed by atoms with Crippen molar-refractivity contribution in [1.29, 1.82) is 0 Å². The molecule has 6 nitrogen and oxygen atoms in total. The predicted octanol–water partition coefficient (Wildman–Crippen LogP) is -0.262. The first-order valence-corrected chi connectivity index (χ1v) is 6.90. The van der Waals surface area contributed by atoms with Crippen LogP contribution in [0.15, 0.2) is 0 Å². The van der Waals surface area contributed by atoms with Crippen LogP contribution in [0.5, 0.6) is 0 Å². The van der Waals surface area contributed by atoms with Crippen LogP contribution in [0.3, 0.4) is 0 Å². The smallest absolute Gasteiger partial charge is 0.237 e. The summed E-state index contributed by atoms with van der Waals surface area (Å²) in [6.45, 7) is 8.74. The number of rotatable bonds is 6. The van der Waals surface area contributed by atoms with Gasteiger partial charge in [0.25, 0.3) is 0 Å². The Labute approximate surface area is 114 Å². The topological polar surface area (TPSA) is 70.7 Å². The molecule has 0 bridgehead atoms. The first-order valence-electron chi connectivity index (χ1n) is 6.90. The SMILES string of the molecule is CC(C)NC(=O)C(C)NCCC(=O)N1CCOCC1. The maximum Gasteiger partial charge on any atom is 0.237 e. The lowest BCUT2D eigenvalue weighted by atomic mass is 10.2. The van der Waals surface area contributed by atoms with E-state index in [1.54, 1.807) is 6.92 Å². The van der Waals surface area contributed by atoms with Crippen molar-refractivity contribution in [3.63, 3.8) is 0 Å². The quantitative estimate of drug-likeness (QED) is 0.698. The molecule has 1 unspecified atom stereocenters. The van der Waals surface area contributed by atoms with Crippen LogP contribution in [-0.2, 0) is 14.3 Å². The molecule has 0 saturated carbocycles. The molecule has 2 N–H and O–H groups in total. The monoisotopic (exact) mass is 271 g/mol. The van der Waals surface area contributed by atoms with Crippen molar-refractivity contribution < 1.29 is 14.3 Å². The summed E-state index contributed by atoms with van der Waals surface area (Å²) >= 11 is 0. The number of carbonyl (C=O) groups excluding carboxylic acids is 2. The summed E-state index contributed by atoms with van der Waals surface area (Å²) in [5, 5.41) is 5.90. The molecule has 1 aliphatic rings. The van der Waals surface area contributed by atoms with Crippen LogP contribution in [0.4, 0.5) is 0 Å². The van der Waals surface area contributed by atoms with Gasteiger partial charge in [-0.15, -0.1) is 0 Å². The molecule has 19 heavy (non-hydrogen) atoms. The van der Waals surface area contributed by atoms with Crippen LogP contribution in [0, 0.1) is 0 Å². The number of hydrogen-bond acceptors (Lipinski definition) is 4. The highest BCUT2D eigenvalue weighted by Gasteiger charge is 2.17. The van der Waals surface area contributed by atoms with Crippen LogP contribution in [0.2, 0.25) is 0 Å². The highest BCUT2D eigenvalue weighted by atomic mass is 16.5. The van der Waals surface area contributed by atoms with Gasteiger partial charge in [-0.1, -0.05) is 0 Å². The van der Waals surface area contributed by atoms with Crippen molar-refractivity contribution in [2.45, 2.75) is 39.3 Å². The molecule has 1 rings (SSSR count). The van der Waals surface area contributed by atoms with Gasteiger partial charge in [-0.25, -0.2) is 0 Å². The van der Waals surface area contributed by atoms with Crippen LogP contribution in [-0.4, -0.2) is 61.6 Å². The summed E-state index contributed by atoms with van der Waals surface area (Å²) in [6.07, 6.45) is 0.416. The minimum absolute atomic E-state index is 0.0335. The van der Waals surface area contributed by atoms with E-state index < -0.39 is 0 Å². The highest BCUT2D eigenvalue weighted by molar-refractivity contribution is 5.81. The average molecular weight is 271 g/mol. The summed E-state index contributed by atoms with van der Waals surface area (Å²) in [7, 11) is 0. The first-order chi connectivity index (χ1) is 9.00. The zero-order valence-corrected chi connectivity index (χ0v) is 12.1. The van der Waals surface area contributed by atoms with Gasteiger partial charge in [0.05, 0.1) is 19.3 Å². The van der Waals surface area contributed by atoms with Crippen LogP contribution < -0.4 is 10.6 Å². The summed E-state index contributed by atoms with van der Waals surface area (Å²) in [6, 6.07) is -0.147. The molecule has 0 aliphatic carbocycles. The third-order valence-corrected chi connectivity index (χ3v) is 2.98. The van der Waals surface area contributed by atoms with Gasteiger partial charge in [0.15, 0.2) is 0 Å². The summed E-state index contributed by atoms with van der Waals surface area (Å²) in [5.74, 6) is 0.0843. The Morgan fingerprint density at radius 3 is 2.42 bits per heavy atom. The number of amides is 2.